The predicted molar refractivity (Wildman–Crippen MR) is 63.1 cm³/mol. The zero-order valence-corrected chi connectivity index (χ0v) is 10.7. The summed E-state index contributed by atoms with van der Waals surface area (Å²) in [6.07, 6.45) is 0. The molecule has 0 aromatic heterocycles. The molecule has 0 bridgehead atoms. The summed E-state index contributed by atoms with van der Waals surface area (Å²) in [4.78, 5) is 12.0. The Labute approximate surface area is 104 Å². The van der Waals surface area contributed by atoms with Crippen LogP contribution in [-0.4, -0.2) is 35.1 Å². The Bertz CT molecular complexity index is 559. The first kappa shape index (κ1) is 14.4. The lowest BCUT2D eigenvalue weighted by molar-refractivity contribution is -0.138. The molecule has 1 aromatic rings. The zero-order chi connectivity index (χ0) is 13.9. The molecule has 2 N–H and O–H groups in total. The van der Waals surface area contributed by atoms with E-state index in [0.29, 0.717) is 0 Å². The number of ether oxygens (including phenoxy) is 1. The molecule has 0 aliphatic carbocycles. The summed E-state index contributed by atoms with van der Waals surface area (Å²) in [6, 6.07) is 3.21. The van der Waals surface area contributed by atoms with Gasteiger partial charge in [0.05, 0.1) is 17.7 Å². The van der Waals surface area contributed by atoms with Gasteiger partial charge in [0.2, 0.25) is 10.0 Å². The first-order valence-corrected chi connectivity index (χ1v) is 6.40. The van der Waals surface area contributed by atoms with Gasteiger partial charge in [0.15, 0.2) is 0 Å². The summed E-state index contributed by atoms with van der Waals surface area (Å²) in [5, 5.41) is 4.87. The van der Waals surface area contributed by atoms with Gasteiger partial charge in [0.1, 0.15) is 12.4 Å². The second-order valence-corrected chi connectivity index (χ2v) is 5.15. The van der Waals surface area contributed by atoms with E-state index in [9.17, 15) is 17.6 Å². The Hall–Kier alpha value is -1.67. The number of nitrogens with zero attached hydrogens (tertiary/aromatic N) is 1. The summed E-state index contributed by atoms with van der Waals surface area (Å²) < 4.78 is 40.1. The number of carbonyl (C=O) groups is 1. The highest BCUT2D eigenvalue weighted by Crippen LogP contribution is 2.21. The molecule has 18 heavy (non-hydrogen) atoms. The zero-order valence-electron chi connectivity index (χ0n) is 9.88. The standard InChI is InChI=1S/C10H13FN2O4S/c1-13(6-10(14)17-2)9-4-3-7(5-8(9)11)18(12,15)16/h3-5H,6H2,1-2H3,(H2,12,15,16). The van der Waals surface area contributed by atoms with Crippen LogP contribution in [-0.2, 0) is 19.6 Å². The molecule has 100 valence electrons. The van der Waals surface area contributed by atoms with Crippen LogP contribution >= 0.6 is 0 Å². The lowest BCUT2D eigenvalue weighted by atomic mass is 10.3. The van der Waals surface area contributed by atoms with Crippen molar-refractivity contribution in [2.45, 2.75) is 4.90 Å². The van der Waals surface area contributed by atoms with Crippen molar-refractivity contribution in [2.75, 3.05) is 25.6 Å². The highest BCUT2D eigenvalue weighted by Gasteiger charge is 2.15. The number of anilines is 1. The van der Waals surface area contributed by atoms with Crippen LogP contribution in [0.15, 0.2) is 23.1 Å². The number of halogens is 1. The Morgan fingerprint density at radius 2 is 2.11 bits per heavy atom. The number of sulfonamides is 1. The van der Waals surface area contributed by atoms with Crippen molar-refractivity contribution in [1.29, 1.82) is 0 Å². The van der Waals surface area contributed by atoms with E-state index in [2.05, 4.69) is 4.74 Å². The summed E-state index contributed by atoms with van der Waals surface area (Å²) in [7, 11) is -1.25. The van der Waals surface area contributed by atoms with Gasteiger partial charge in [0.25, 0.3) is 0 Å². The maximum absolute atomic E-state index is 13.7. The molecule has 0 atom stereocenters. The number of rotatable bonds is 4. The second kappa shape index (κ2) is 5.32. The lowest BCUT2D eigenvalue weighted by Crippen LogP contribution is -2.27. The minimum Gasteiger partial charge on any atom is -0.468 e. The van der Waals surface area contributed by atoms with Crippen molar-refractivity contribution in [2.24, 2.45) is 5.14 Å². The van der Waals surface area contributed by atoms with Gasteiger partial charge in [-0.25, -0.2) is 17.9 Å². The largest absolute Gasteiger partial charge is 0.468 e. The van der Waals surface area contributed by atoms with Gasteiger partial charge in [-0.15, -0.1) is 0 Å². The van der Waals surface area contributed by atoms with Gasteiger partial charge in [0, 0.05) is 7.05 Å². The third-order valence-electron chi connectivity index (χ3n) is 2.25. The highest BCUT2D eigenvalue weighted by molar-refractivity contribution is 7.89. The molecule has 0 aliphatic rings. The third-order valence-corrected chi connectivity index (χ3v) is 3.16. The fraction of sp³-hybridized carbons (Fsp3) is 0.300. The summed E-state index contributed by atoms with van der Waals surface area (Å²) in [5.41, 5.74) is 0.0767. The summed E-state index contributed by atoms with van der Waals surface area (Å²) in [6.45, 7) is -0.151. The normalized spacial score (nSPS) is 11.1. The molecule has 0 unspecified atom stereocenters. The minimum absolute atomic E-state index is 0.0767. The van der Waals surface area contributed by atoms with Crippen LogP contribution in [0.5, 0.6) is 0 Å². The van der Waals surface area contributed by atoms with Crippen molar-refractivity contribution < 1.29 is 22.3 Å². The van der Waals surface area contributed by atoms with Crippen LogP contribution in [0, 0.1) is 5.82 Å². The number of primary sulfonamides is 1. The van der Waals surface area contributed by atoms with Gasteiger partial charge < -0.3 is 9.64 Å². The van der Waals surface area contributed by atoms with Crippen LogP contribution in [0.25, 0.3) is 0 Å². The number of likely N-dealkylation sites (N-methyl/N-ethyl adjacent to an activating group) is 1. The molecule has 0 aliphatic heterocycles. The second-order valence-electron chi connectivity index (χ2n) is 3.59. The molecule has 0 saturated carbocycles. The highest BCUT2D eigenvalue weighted by atomic mass is 32.2. The number of nitrogens with two attached hydrogens (primary N) is 1. The fourth-order valence-electron chi connectivity index (χ4n) is 1.32. The van der Waals surface area contributed by atoms with Gasteiger partial charge in [-0.2, -0.15) is 0 Å². The molecular formula is C10H13FN2O4S. The van der Waals surface area contributed by atoms with Gasteiger partial charge >= 0.3 is 5.97 Å². The van der Waals surface area contributed by atoms with E-state index >= 15 is 0 Å². The molecule has 1 rings (SSSR count). The fourth-order valence-corrected chi connectivity index (χ4v) is 1.84. The van der Waals surface area contributed by atoms with Crippen molar-refractivity contribution >= 4 is 21.7 Å². The number of carbonyl (C=O) groups excluding carboxylic acids is 1. The number of hydrogen-bond donors (Lipinski definition) is 1. The average molecular weight is 276 g/mol. The molecule has 0 heterocycles. The van der Waals surface area contributed by atoms with Gasteiger partial charge in [-0.3, -0.25) is 4.79 Å². The monoisotopic (exact) mass is 276 g/mol. The minimum atomic E-state index is -3.95. The smallest absolute Gasteiger partial charge is 0.325 e. The molecule has 0 saturated heterocycles. The molecule has 0 radical (unpaired) electrons. The van der Waals surface area contributed by atoms with Crippen molar-refractivity contribution in [1.82, 2.24) is 0 Å². The maximum Gasteiger partial charge on any atom is 0.325 e. The molecule has 0 fully saturated rings. The van der Waals surface area contributed by atoms with Crippen LogP contribution in [0.3, 0.4) is 0 Å². The molecule has 8 heteroatoms. The van der Waals surface area contributed by atoms with Crippen LogP contribution in [0.1, 0.15) is 0 Å². The molecular weight excluding hydrogens is 263 g/mol. The first-order chi connectivity index (χ1) is 8.25. The third kappa shape index (κ3) is 3.41. The molecule has 6 nitrogen and oxygen atoms in total. The number of esters is 1. The topological polar surface area (TPSA) is 89.7 Å². The summed E-state index contributed by atoms with van der Waals surface area (Å²) in [5.74, 6) is -1.32. The van der Waals surface area contributed by atoms with E-state index in [4.69, 9.17) is 5.14 Å². The van der Waals surface area contributed by atoms with Gasteiger partial charge in [-0.1, -0.05) is 0 Å². The number of hydrogen-bond acceptors (Lipinski definition) is 5. The average Bonchev–Trinajstić information content (AvgIpc) is 2.27. The van der Waals surface area contributed by atoms with Crippen molar-refractivity contribution in [3.8, 4) is 0 Å². The predicted octanol–water partition coefficient (Wildman–Crippen LogP) is 0.0823. The Morgan fingerprint density at radius 1 is 1.50 bits per heavy atom. The van der Waals surface area contributed by atoms with E-state index in [1.807, 2.05) is 0 Å². The van der Waals surface area contributed by atoms with E-state index in [-0.39, 0.29) is 17.1 Å². The molecule has 0 amide bonds. The van der Waals surface area contributed by atoms with E-state index < -0.39 is 21.8 Å². The molecule has 0 spiro atoms. The lowest BCUT2D eigenvalue weighted by Gasteiger charge is -2.18. The Balaban J connectivity index is 3.03. The number of methoxy groups -OCH3 is 1. The molecule has 1 aromatic carbocycles. The SMILES string of the molecule is COC(=O)CN(C)c1ccc(S(N)(=O)=O)cc1F. The first-order valence-electron chi connectivity index (χ1n) is 4.86. The van der Waals surface area contributed by atoms with Crippen LogP contribution < -0.4 is 10.0 Å². The van der Waals surface area contributed by atoms with Crippen molar-refractivity contribution in [3.63, 3.8) is 0 Å². The quantitative estimate of drug-likeness (QED) is 0.787. The Kier molecular flexibility index (Phi) is 4.25. The summed E-state index contributed by atoms with van der Waals surface area (Å²) >= 11 is 0. The van der Waals surface area contributed by atoms with Crippen molar-refractivity contribution in [3.05, 3.63) is 24.0 Å². The maximum atomic E-state index is 13.7. The Morgan fingerprint density at radius 3 is 2.56 bits per heavy atom. The number of benzene rings is 1. The van der Waals surface area contributed by atoms with Gasteiger partial charge in [-0.05, 0) is 18.2 Å². The van der Waals surface area contributed by atoms with E-state index in [1.54, 1.807) is 0 Å². The van der Waals surface area contributed by atoms with Crippen LogP contribution in [0.4, 0.5) is 10.1 Å². The van der Waals surface area contributed by atoms with Crippen LogP contribution in [0.2, 0.25) is 0 Å². The van der Waals surface area contributed by atoms with E-state index in [0.717, 1.165) is 6.07 Å². The van der Waals surface area contributed by atoms with E-state index in [1.165, 1.54) is 31.2 Å².